The monoisotopic (exact) mass is 408 g/mol. The molecule has 1 aliphatic heterocycles. The molecule has 0 radical (unpaired) electrons. The summed E-state index contributed by atoms with van der Waals surface area (Å²) in [7, 11) is -0.494. The molecule has 1 amide bonds. The largest absolute Gasteiger partial charge is 0.496 e. The number of carbonyl (C=O) groups is 1. The Kier molecular flexibility index (Phi) is 4.76. The molecule has 3 aromatic rings. The normalized spacial score (nSPS) is 13.9. The smallest absolute Gasteiger partial charge is 0.264 e. The van der Waals surface area contributed by atoms with Gasteiger partial charge in [-0.05, 0) is 30.3 Å². The van der Waals surface area contributed by atoms with Gasteiger partial charge in [-0.1, -0.05) is 36.4 Å². The van der Waals surface area contributed by atoms with Crippen LogP contribution in [0.2, 0.25) is 0 Å². The van der Waals surface area contributed by atoms with Gasteiger partial charge in [-0.15, -0.1) is 0 Å². The number of anilines is 1. The second-order valence-corrected chi connectivity index (χ2v) is 8.63. The molecule has 4 rings (SSSR count). The first kappa shape index (κ1) is 19.0. The van der Waals surface area contributed by atoms with E-state index in [1.165, 1.54) is 11.4 Å². The zero-order valence-corrected chi connectivity index (χ0v) is 16.9. The molecule has 0 atom stereocenters. The number of fused-ring (bicyclic) bond motifs is 3. The molecule has 3 aromatic carbocycles. The molecule has 0 saturated heterocycles. The van der Waals surface area contributed by atoms with Crippen LogP contribution < -0.4 is 14.4 Å². The quantitative estimate of drug-likeness (QED) is 0.718. The van der Waals surface area contributed by atoms with E-state index in [0.29, 0.717) is 34.7 Å². The third-order valence-electron chi connectivity index (χ3n) is 5.05. The number of benzene rings is 3. The molecule has 0 fully saturated rings. The highest BCUT2D eigenvalue weighted by molar-refractivity contribution is 7.93. The molecule has 29 heavy (non-hydrogen) atoms. The number of carbonyl (C=O) groups excluding carboxylic acids is 1. The molecule has 0 spiro atoms. The second kappa shape index (κ2) is 7.25. The van der Waals surface area contributed by atoms with Crippen molar-refractivity contribution in [2.24, 2.45) is 0 Å². The van der Waals surface area contributed by atoms with Crippen molar-refractivity contribution < 1.29 is 17.9 Å². The van der Waals surface area contributed by atoms with E-state index in [2.05, 4.69) is 5.32 Å². The number of sulfonamides is 1. The highest BCUT2D eigenvalue weighted by Gasteiger charge is 2.32. The molecular formula is C22H20N2O4S. The van der Waals surface area contributed by atoms with E-state index < -0.39 is 10.0 Å². The third kappa shape index (κ3) is 3.23. The summed E-state index contributed by atoms with van der Waals surface area (Å²) >= 11 is 0. The molecule has 1 heterocycles. The standard InChI is InChI=1S/C22H20N2O4S/c1-24-19-12-11-15(22(25)23-14-16-7-3-5-9-20(16)28-2)13-18(19)17-8-4-6-10-21(17)29(24,26)27/h3-13H,14H2,1-2H3,(H,23,25). The molecule has 0 saturated carbocycles. The fraction of sp³-hybridized carbons (Fsp3) is 0.136. The van der Waals surface area contributed by atoms with Crippen molar-refractivity contribution in [3.63, 3.8) is 0 Å². The van der Waals surface area contributed by atoms with Crippen LogP contribution in [-0.2, 0) is 16.6 Å². The number of ether oxygens (including phenoxy) is 1. The van der Waals surface area contributed by atoms with Crippen LogP contribution in [0.15, 0.2) is 71.6 Å². The van der Waals surface area contributed by atoms with Crippen molar-refractivity contribution in [3.05, 3.63) is 77.9 Å². The lowest BCUT2D eigenvalue weighted by Crippen LogP contribution is -2.31. The predicted octanol–water partition coefficient (Wildman–Crippen LogP) is 3.43. The van der Waals surface area contributed by atoms with E-state index in [-0.39, 0.29) is 10.8 Å². The first-order valence-corrected chi connectivity index (χ1v) is 10.5. The summed E-state index contributed by atoms with van der Waals surface area (Å²) in [5.74, 6) is 0.464. The van der Waals surface area contributed by atoms with E-state index in [4.69, 9.17) is 4.74 Å². The van der Waals surface area contributed by atoms with E-state index >= 15 is 0 Å². The fourth-order valence-electron chi connectivity index (χ4n) is 3.49. The summed E-state index contributed by atoms with van der Waals surface area (Å²) < 4.78 is 32.0. The van der Waals surface area contributed by atoms with Gasteiger partial charge in [-0.3, -0.25) is 9.10 Å². The fourth-order valence-corrected chi connectivity index (χ4v) is 4.90. The van der Waals surface area contributed by atoms with Crippen LogP contribution in [0.1, 0.15) is 15.9 Å². The maximum absolute atomic E-state index is 12.7. The molecule has 7 heteroatoms. The maximum Gasteiger partial charge on any atom is 0.264 e. The Morgan fingerprint density at radius 3 is 2.52 bits per heavy atom. The highest BCUT2D eigenvalue weighted by atomic mass is 32.2. The summed E-state index contributed by atoms with van der Waals surface area (Å²) in [5.41, 5.74) is 3.19. The lowest BCUT2D eigenvalue weighted by molar-refractivity contribution is 0.0950. The lowest BCUT2D eigenvalue weighted by atomic mass is 10.00. The lowest BCUT2D eigenvalue weighted by Gasteiger charge is -2.29. The molecule has 0 bridgehead atoms. The topological polar surface area (TPSA) is 75.7 Å². The highest BCUT2D eigenvalue weighted by Crippen LogP contribution is 2.42. The van der Waals surface area contributed by atoms with Gasteiger partial charge in [0.1, 0.15) is 5.75 Å². The van der Waals surface area contributed by atoms with E-state index in [0.717, 1.165) is 5.56 Å². The Hall–Kier alpha value is -3.32. The number of rotatable bonds is 4. The van der Waals surface area contributed by atoms with Crippen LogP contribution in [0.25, 0.3) is 11.1 Å². The zero-order chi connectivity index (χ0) is 20.6. The molecule has 0 unspecified atom stereocenters. The summed E-state index contributed by atoms with van der Waals surface area (Å²) in [5, 5.41) is 2.90. The Balaban J connectivity index is 1.66. The summed E-state index contributed by atoms with van der Waals surface area (Å²) in [6.07, 6.45) is 0. The molecule has 1 aliphatic rings. The van der Waals surface area contributed by atoms with Gasteiger partial charge in [0.05, 0.1) is 17.7 Å². The van der Waals surface area contributed by atoms with Gasteiger partial charge in [0, 0.05) is 35.8 Å². The Bertz CT molecular complexity index is 1200. The minimum Gasteiger partial charge on any atom is -0.496 e. The Morgan fingerprint density at radius 1 is 1.00 bits per heavy atom. The van der Waals surface area contributed by atoms with Crippen LogP contribution in [0.4, 0.5) is 5.69 Å². The number of hydrogen-bond donors (Lipinski definition) is 1. The number of amides is 1. The average molecular weight is 408 g/mol. The Morgan fingerprint density at radius 2 is 1.72 bits per heavy atom. The molecular weight excluding hydrogens is 388 g/mol. The number of methoxy groups -OCH3 is 1. The molecule has 1 N–H and O–H groups in total. The van der Waals surface area contributed by atoms with Gasteiger partial charge in [0.25, 0.3) is 15.9 Å². The summed E-state index contributed by atoms with van der Waals surface area (Å²) in [6.45, 7) is 0.324. The molecule has 0 aliphatic carbocycles. The maximum atomic E-state index is 12.7. The minimum atomic E-state index is -3.60. The van der Waals surface area contributed by atoms with Gasteiger partial charge in [-0.25, -0.2) is 8.42 Å². The van der Waals surface area contributed by atoms with Crippen LogP contribution in [0, 0.1) is 0 Å². The van der Waals surface area contributed by atoms with Gasteiger partial charge < -0.3 is 10.1 Å². The molecule has 0 aromatic heterocycles. The Labute approximate surface area is 169 Å². The SMILES string of the molecule is COc1ccccc1CNC(=O)c1ccc2c(c1)-c1ccccc1S(=O)(=O)N2C. The van der Waals surface area contributed by atoms with E-state index in [1.54, 1.807) is 49.6 Å². The molecule has 148 valence electrons. The van der Waals surface area contributed by atoms with E-state index in [1.807, 2.05) is 24.3 Å². The van der Waals surface area contributed by atoms with Crippen molar-refractivity contribution in [1.82, 2.24) is 5.32 Å². The van der Waals surface area contributed by atoms with Gasteiger partial charge in [0.2, 0.25) is 0 Å². The van der Waals surface area contributed by atoms with E-state index in [9.17, 15) is 13.2 Å². The van der Waals surface area contributed by atoms with Gasteiger partial charge >= 0.3 is 0 Å². The van der Waals surface area contributed by atoms with Crippen LogP contribution in [0.5, 0.6) is 5.75 Å². The number of nitrogens with zero attached hydrogens (tertiary/aromatic N) is 1. The first-order valence-electron chi connectivity index (χ1n) is 9.06. The summed E-state index contributed by atoms with van der Waals surface area (Å²) in [6, 6.07) is 19.3. The third-order valence-corrected chi connectivity index (χ3v) is 6.88. The van der Waals surface area contributed by atoms with Crippen molar-refractivity contribution in [2.75, 3.05) is 18.5 Å². The number of para-hydroxylation sites is 1. The van der Waals surface area contributed by atoms with Crippen LogP contribution >= 0.6 is 0 Å². The van der Waals surface area contributed by atoms with Crippen molar-refractivity contribution in [2.45, 2.75) is 11.4 Å². The molecule has 6 nitrogen and oxygen atoms in total. The number of hydrogen-bond acceptors (Lipinski definition) is 4. The predicted molar refractivity (Wildman–Crippen MR) is 112 cm³/mol. The van der Waals surface area contributed by atoms with Crippen molar-refractivity contribution in [3.8, 4) is 16.9 Å². The van der Waals surface area contributed by atoms with Crippen LogP contribution in [-0.4, -0.2) is 28.5 Å². The van der Waals surface area contributed by atoms with Crippen LogP contribution in [0.3, 0.4) is 0 Å². The van der Waals surface area contributed by atoms with Crippen molar-refractivity contribution >= 4 is 21.6 Å². The van der Waals surface area contributed by atoms with Crippen molar-refractivity contribution in [1.29, 1.82) is 0 Å². The zero-order valence-electron chi connectivity index (χ0n) is 16.0. The van der Waals surface area contributed by atoms with Gasteiger partial charge in [-0.2, -0.15) is 0 Å². The first-order chi connectivity index (χ1) is 13.9. The summed E-state index contributed by atoms with van der Waals surface area (Å²) in [4.78, 5) is 13.0. The average Bonchev–Trinajstić information content (AvgIpc) is 2.76. The number of nitrogens with one attached hydrogen (secondary N) is 1. The second-order valence-electron chi connectivity index (χ2n) is 6.70. The van der Waals surface area contributed by atoms with Gasteiger partial charge in [0.15, 0.2) is 0 Å². The minimum absolute atomic E-state index is 0.238.